The number of thiazole rings is 1. The maximum Gasteiger partial charge on any atom is 0.319 e. The van der Waals surface area contributed by atoms with Gasteiger partial charge in [-0.1, -0.05) is 27.7 Å². The highest BCUT2D eigenvalue weighted by molar-refractivity contribution is 9.10. The van der Waals surface area contributed by atoms with Crippen LogP contribution in [0.3, 0.4) is 0 Å². The Morgan fingerprint density at radius 2 is 2.26 bits per heavy atom. The van der Waals surface area contributed by atoms with Crippen molar-refractivity contribution in [3.63, 3.8) is 0 Å². The second-order valence-corrected chi connectivity index (χ2v) is 8.84. The van der Waals surface area contributed by atoms with E-state index >= 15 is 0 Å². The summed E-state index contributed by atoms with van der Waals surface area (Å²) in [5.41, 5.74) is 0.802. The first-order chi connectivity index (χ1) is 10.8. The number of carboxylic acid groups (broad SMARTS) is 1. The normalized spacial score (nSPS) is 11.5. The fourth-order valence-electron chi connectivity index (χ4n) is 1.57. The molecule has 2 rings (SSSR count). The number of rotatable bonds is 7. The molecule has 0 radical (unpaired) electrons. The summed E-state index contributed by atoms with van der Waals surface area (Å²) in [6, 6.07) is 4.63. The van der Waals surface area contributed by atoms with Crippen LogP contribution in [0.25, 0.3) is 0 Å². The van der Waals surface area contributed by atoms with Gasteiger partial charge >= 0.3 is 5.97 Å². The molecule has 1 aromatic carbocycles. The molecule has 2 aromatic rings. The summed E-state index contributed by atoms with van der Waals surface area (Å²) in [4.78, 5) is 15.5. The standard InChI is InChI=1S/C15H15BrFNO3S2/c1-15(2,13(19)20)23-14-18-10(8-22-14)5-6-21-12-4-3-9(16)7-11(12)17/h3-4,7-8H,5-6H2,1-2H3,(H,19,20). The monoisotopic (exact) mass is 419 g/mol. The molecule has 1 N–H and O–H groups in total. The number of hydrogen-bond acceptors (Lipinski definition) is 5. The van der Waals surface area contributed by atoms with Gasteiger partial charge in [-0.2, -0.15) is 0 Å². The van der Waals surface area contributed by atoms with E-state index in [0.717, 1.165) is 5.69 Å². The minimum atomic E-state index is -0.924. The zero-order valence-electron chi connectivity index (χ0n) is 12.5. The summed E-state index contributed by atoms with van der Waals surface area (Å²) in [6.45, 7) is 3.58. The third-order valence-corrected chi connectivity index (χ3v) is 5.56. The molecule has 0 unspecified atom stereocenters. The predicted molar refractivity (Wildman–Crippen MR) is 93.0 cm³/mol. The topological polar surface area (TPSA) is 59.4 Å². The molecule has 0 aliphatic heterocycles. The number of carbonyl (C=O) groups is 1. The molecular weight excluding hydrogens is 405 g/mol. The SMILES string of the molecule is CC(C)(Sc1nc(CCOc2ccc(Br)cc2F)cs1)C(=O)O. The van der Waals surface area contributed by atoms with E-state index in [1.165, 1.54) is 29.2 Å². The minimum absolute atomic E-state index is 0.199. The van der Waals surface area contributed by atoms with Gasteiger partial charge < -0.3 is 9.84 Å². The Balaban J connectivity index is 1.89. The maximum atomic E-state index is 13.6. The van der Waals surface area contributed by atoms with Crippen LogP contribution in [-0.4, -0.2) is 27.4 Å². The molecule has 0 amide bonds. The third kappa shape index (κ3) is 5.19. The van der Waals surface area contributed by atoms with E-state index in [1.54, 1.807) is 26.0 Å². The molecule has 0 saturated carbocycles. The van der Waals surface area contributed by atoms with Crippen LogP contribution in [0.1, 0.15) is 19.5 Å². The molecule has 0 bridgehead atoms. The fourth-order valence-corrected chi connectivity index (χ4v) is 4.13. The van der Waals surface area contributed by atoms with E-state index in [0.29, 0.717) is 21.8 Å². The Kier molecular flexibility index (Phi) is 6.05. The Labute approximate surface area is 150 Å². The first-order valence-corrected chi connectivity index (χ1v) is 9.21. The lowest BCUT2D eigenvalue weighted by atomic mass is 10.2. The van der Waals surface area contributed by atoms with E-state index in [4.69, 9.17) is 9.84 Å². The first-order valence-electron chi connectivity index (χ1n) is 6.72. The number of carboxylic acids is 1. The van der Waals surface area contributed by atoms with Crippen molar-refractivity contribution in [1.29, 1.82) is 0 Å². The number of benzene rings is 1. The van der Waals surface area contributed by atoms with Crippen molar-refractivity contribution in [3.8, 4) is 5.75 Å². The van der Waals surface area contributed by atoms with Crippen molar-refractivity contribution in [2.24, 2.45) is 0 Å². The number of halogens is 2. The van der Waals surface area contributed by atoms with Crippen molar-refractivity contribution in [3.05, 3.63) is 39.6 Å². The molecule has 4 nitrogen and oxygen atoms in total. The van der Waals surface area contributed by atoms with Gasteiger partial charge in [0.25, 0.3) is 0 Å². The highest BCUT2D eigenvalue weighted by Crippen LogP contribution is 2.34. The molecule has 1 heterocycles. The van der Waals surface area contributed by atoms with Gasteiger partial charge in [0.05, 0.1) is 12.3 Å². The molecule has 1 aromatic heterocycles. The van der Waals surface area contributed by atoms with Crippen LogP contribution in [0.4, 0.5) is 4.39 Å². The molecule has 0 fully saturated rings. The van der Waals surface area contributed by atoms with Gasteiger partial charge in [-0.15, -0.1) is 11.3 Å². The lowest BCUT2D eigenvalue weighted by Gasteiger charge is -2.15. The van der Waals surface area contributed by atoms with E-state index in [2.05, 4.69) is 20.9 Å². The largest absolute Gasteiger partial charge is 0.490 e. The van der Waals surface area contributed by atoms with Crippen molar-refractivity contribution < 1.29 is 19.0 Å². The van der Waals surface area contributed by atoms with E-state index in [9.17, 15) is 9.18 Å². The number of aromatic nitrogens is 1. The zero-order valence-corrected chi connectivity index (χ0v) is 15.7. The quantitative estimate of drug-likeness (QED) is 0.663. The van der Waals surface area contributed by atoms with Gasteiger partial charge in [0.1, 0.15) is 4.75 Å². The summed E-state index contributed by atoms with van der Waals surface area (Å²) >= 11 is 5.80. The van der Waals surface area contributed by atoms with Crippen LogP contribution < -0.4 is 4.74 Å². The Hall–Kier alpha value is -1.12. The summed E-state index contributed by atoms with van der Waals surface area (Å²) in [5.74, 6) is -1.10. The number of hydrogen-bond donors (Lipinski definition) is 1. The smallest absolute Gasteiger partial charge is 0.319 e. The number of ether oxygens (including phenoxy) is 1. The van der Waals surface area contributed by atoms with Gasteiger partial charge in [-0.05, 0) is 32.0 Å². The van der Waals surface area contributed by atoms with Gasteiger partial charge in [0.2, 0.25) is 0 Å². The molecular formula is C15H15BrFNO3S2. The van der Waals surface area contributed by atoms with Crippen molar-refractivity contribution in [2.75, 3.05) is 6.61 Å². The van der Waals surface area contributed by atoms with E-state index in [1.807, 2.05) is 5.38 Å². The van der Waals surface area contributed by atoms with Crippen LogP contribution in [0.15, 0.2) is 32.4 Å². The lowest BCUT2D eigenvalue weighted by Crippen LogP contribution is -2.26. The average Bonchev–Trinajstić information content (AvgIpc) is 2.88. The van der Waals surface area contributed by atoms with Gasteiger partial charge in [0.15, 0.2) is 15.9 Å². The first kappa shape index (κ1) is 18.2. The molecule has 8 heteroatoms. The number of thioether (sulfide) groups is 1. The number of nitrogens with zero attached hydrogens (tertiary/aromatic N) is 1. The van der Waals surface area contributed by atoms with Crippen LogP contribution in [0.2, 0.25) is 0 Å². The molecule has 0 spiro atoms. The van der Waals surface area contributed by atoms with Crippen LogP contribution in [0, 0.1) is 5.82 Å². The third-order valence-electron chi connectivity index (χ3n) is 2.90. The molecule has 0 saturated heterocycles. The highest BCUT2D eigenvalue weighted by Gasteiger charge is 2.29. The second-order valence-electron chi connectivity index (χ2n) is 5.20. The van der Waals surface area contributed by atoms with E-state index in [-0.39, 0.29) is 5.75 Å². The predicted octanol–water partition coefficient (Wildman–Crippen LogP) is 4.62. The van der Waals surface area contributed by atoms with Crippen molar-refractivity contribution in [2.45, 2.75) is 29.4 Å². The lowest BCUT2D eigenvalue weighted by molar-refractivity contribution is -0.138. The fraction of sp³-hybridized carbons (Fsp3) is 0.333. The average molecular weight is 420 g/mol. The van der Waals surface area contributed by atoms with Crippen molar-refractivity contribution >= 4 is 45.0 Å². The molecule has 23 heavy (non-hydrogen) atoms. The summed E-state index contributed by atoms with van der Waals surface area (Å²) in [5, 5.41) is 11.0. The van der Waals surface area contributed by atoms with Gasteiger partial charge in [0, 0.05) is 16.3 Å². The molecule has 124 valence electrons. The summed E-state index contributed by atoms with van der Waals surface area (Å²) < 4.78 is 19.5. The number of aliphatic carboxylic acids is 1. The van der Waals surface area contributed by atoms with Gasteiger partial charge in [-0.3, -0.25) is 4.79 Å². The summed E-state index contributed by atoms with van der Waals surface area (Å²) in [6.07, 6.45) is 0.528. The van der Waals surface area contributed by atoms with E-state index < -0.39 is 16.5 Å². The Morgan fingerprint density at radius 1 is 1.52 bits per heavy atom. The molecule has 0 atom stereocenters. The Bertz CT molecular complexity index is 706. The van der Waals surface area contributed by atoms with Gasteiger partial charge in [-0.25, -0.2) is 9.37 Å². The molecule has 0 aliphatic rings. The minimum Gasteiger partial charge on any atom is -0.490 e. The highest BCUT2D eigenvalue weighted by atomic mass is 79.9. The zero-order chi connectivity index (χ0) is 17.0. The van der Waals surface area contributed by atoms with Crippen LogP contribution >= 0.6 is 39.0 Å². The molecule has 0 aliphatic carbocycles. The maximum absolute atomic E-state index is 13.6. The second kappa shape index (κ2) is 7.63. The van der Waals surface area contributed by atoms with Crippen molar-refractivity contribution in [1.82, 2.24) is 4.98 Å². The Morgan fingerprint density at radius 3 is 2.91 bits per heavy atom. The van der Waals surface area contributed by atoms with Crippen LogP contribution in [-0.2, 0) is 11.2 Å². The van der Waals surface area contributed by atoms with Crippen LogP contribution in [0.5, 0.6) is 5.75 Å². The summed E-state index contributed by atoms with van der Waals surface area (Å²) in [7, 11) is 0.